The molecule has 0 unspecified atom stereocenters. The lowest BCUT2D eigenvalue weighted by molar-refractivity contribution is -0.117. The van der Waals surface area contributed by atoms with E-state index < -0.39 is 0 Å². The van der Waals surface area contributed by atoms with E-state index in [-0.39, 0.29) is 11.8 Å². The Kier molecular flexibility index (Phi) is 7.09. The summed E-state index contributed by atoms with van der Waals surface area (Å²) in [5, 5.41) is 2.90. The molecule has 1 amide bonds. The largest absolute Gasteiger partial charge is 0.494 e. The molecule has 3 N–H and O–H groups in total. The van der Waals surface area contributed by atoms with Crippen LogP contribution in [-0.4, -0.2) is 19.1 Å². The maximum Gasteiger partial charge on any atom is 0.224 e. The van der Waals surface area contributed by atoms with Gasteiger partial charge >= 0.3 is 0 Å². The van der Waals surface area contributed by atoms with Crippen molar-refractivity contribution in [3.63, 3.8) is 0 Å². The highest BCUT2D eigenvalue weighted by Crippen LogP contribution is 2.18. The van der Waals surface area contributed by atoms with Crippen molar-refractivity contribution in [1.29, 1.82) is 0 Å². The van der Waals surface area contributed by atoms with Crippen LogP contribution in [0.1, 0.15) is 33.6 Å². The van der Waals surface area contributed by atoms with Crippen molar-refractivity contribution in [2.45, 2.75) is 33.6 Å². The molecule has 0 bridgehead atoms. The molecule has 0 aliphatic rings. The number of amides is 1. The van der Waals surface area contributed by atoms with E-state index in [0.29, 0.717) is 25.5 Å². The molecule has 0 saturated heterocycles. The molecule has 1 atom stereocenters. The molecule has 0 aromatic heterocycles. The van der Waals surface area contributed by atoms with Gasteiger partial charge in [0.05, 0.1) is 6.61 Å². The third-order valence-corrected chi connectivity index (χ3v) is 3.06. The SMILES string of the molecule is CCOc1ccc(NC(=O)C[C@@H](CN)CC(C)C)cc1. The molecule has 0 aliphatic heterocycles. The maximum atomic E-state index is 12.0. The van der Waals surface area contributed by atoms with Crippen molar-refractivity contribution >= 4 is 11.6 Å². The Bertz CT molecular complexity index is 401. The van der Waals surface area contributed by atoms with E-state index in [1.165, 1.54) is 0 Å². The zero-order chi connectivity index (χ0) is 15.0. The predicted molar refractivity (Wildman–Crippen MR) is 82.9 cm³/mol. The molecule has 0 saturated carbocycles. The third kappa shape index (κ3) is 6.06. The van der Waals surface area contributed by atoms with Gasteiger partial charge < -0.3 is 15.8 Å². The van der Waals surface area contributed by atoms with Gasteiger partial charge in [0.15, 0.2) is 0 Å². The standard InChI is InChI=1S/C16H26N2O2/c1-4-20-15-7-5-14(6-8-15)18-16(19)10-13(11-17)9-12(2)3/h5-8,12-13H,4,9-11,17H2,1-3H3,(H,18,19)/t13-/m0/s1. The summed E-state index contributed by atoms with van der Waals surface area (Å²) in [4.78, 5) is 12.0. The van der Waals surface area contributed by atoms with Gasteiger partial charge in [-0.2, -0.15) is 0 Å². The normalized spacial score (nSPS) is 12.2. The predicted octanol–water partition coefficient (Wildman–Crippen LogP) is 3.03. The summed E-state index contributed by atoms with van der Waals surface area (Å²) in [6.07, 6.45) is 1.45. The van der Waals surface area contributed by atoms with E-state index in [4.69, 9.17) is 10.5 Å². The number of carbonyl (C=O) groups is 1. The van der Waals surface area contributed by atoms with Crippen LogP contribution >= 0.6 is 0 Å². The number of anilines is 1. The molecule has 1 aromatic carbocycles. The van der Waals surface area contributed by atoms with E-state index in [9.17, 15) is 4.79 Å². The lowest BCUT2D eigenvalue weighted by Gasteiger charge is -2.16. The molecule has 4 heteroatoms. The fourth-order valence-corrected chi connectivity index (χ4v) is 2.20. The van der Waals surface area contributed by atoms with Crippen molar-refractivity contribution in [3.05, 3.63) is 24.3 Å². The van der Waals surface area contributed by atoms with Crippen LogP contribution in [0.15, 0.2) is 24.3 Å². The van der Waals surface area contributed by atoms with Crippen molar-refractivity contribution < 1.29 is 9.53 Å². The van der Waals surface area contributed by atoms with Crippen LogP contribution in [0.2, 0.25) is 0 Å². The first kappa shape index (κ1) is 16.5. The Morgan fingerprint density at radius 3 is 2.45 bits per heavy atom. The minimum atomic E-state index is 0.0188. The van der Waals surface area contributed by atoms with Gasteiger partial charge in [-0.15, -0.1) is 0 Å². The van der Waals surface area contributed by atoms with Crippen molar-refractivity contribution in [2.24, 2.45) is 17.6 Å². The highest BCUT2D eigenvalue weighted by Gasteiger charge is 2.14. The van der Waals surface area contributed by atoms with Crippen LogP contribution < -0.4 is 15.8 Å². The van der Waals surface area contributed by atoms with Gasteiger partial charge in [-0.1, -0.05) is 13.8 Å². The molecular weight excluding hydrogens is 252 g/mol. The number of ether oxygens (including phenoxy) is 1. The molecule has 112 valence electrons. The molecular formula is C16H26N2O2. The summed E-state index contributed by atoms with van der Waals surface area (Å²) in [7, 11) is 0. The van der Waals surface area contributed by atoms with E-state index in [0.717, 1.165) is 17.9 Å². The number of nitrogens with one attached hydrogen (secondary N) is 1. The van der Waals surface area contributed by atoms with Crippen LogP contribution in [0, 0.1) is 11.8 Å². The average molecular weight is 278 g/mol. The van der Waals surface area contributed by atoms with Crippen LogP contribution in [0.3, 0.4) is 0 Å². The zero-order valence-corrected chi connectivity index (χ0v) is 12.7. The molecule has 1 rings (SSSR count). The number of hydrogen-bond donors (Lipinski definition) is 2. The van der Waals surface area contributed by atoms with Gasteiger partial charge in [0.1, 0.15) is 5.75 Å². The third-order valence-electron chi connectivity index (χ3n) is 3.06. The Hall–Kier alpha value is -1.55. The minimum absolute atomic E-state index is 0.0188. The van der Waals surface area contributed by atoms with Crippen molar-refractivity contribution in [2.75, 3.05) is 18.5 Å². The summed E-state index contributed by atoms with van der Waals surface area (Å²) in [5.74, 6) is 1.63. The number of benzene rings is 1. The fourth-order valence-electron chi connectivity index (χ4n) is 2.20. The first-order valence-electron chi connectivity index (χ1n) is 7.27. The van der Waals surface area contributed by atoms with Gasteiger partial charge in [0.2, 0.25) is 5.91 Å². The van der Waals surface area contributed by atoms with Crippen LogP contribution in [-0.2, 0) is 4.79 Å². The smallest absolute Gasteiger partial charge is 0.224 e. The second kappa shape index (κ2) is 8.59. The number of rotatable bonds is 8. The topological polar surface area (TPSA) is 64.3 Å². The molecule has 20 heavy (non-hydrogen) atoms. The second-order valence-electron chi connectivity index (χ2n) is 5.44. The minimum Gasteiger partial charge on any atom is -0.494 e. The molecule has 0 aliphatic carbocycles. The Labute approximate surface area is 121 Å². The lowest BCUT2D eigenvalue weighted by Crippen LogP contribution is -2.23. The quantitative estimate of drug-likeness (QED) is 0.768. The Morgan fingerprint density at radius 2 is 1.95 bits per heavy atom. The molecule has 0 radical (unpaired) electrons. The van der Waals surface area contributed by atoms with Gasteiger partial charge in [0, 0.05) is 12.1 Å². The van der Waals surface area contributed by atoms with Crippen molar-refractivity contribution in [1.82, 2.24) is 0 Å². The summed E-state index contributed by atoms with van der Waals surface area (Å²) < 4.78 is 5.36. The summed E-state index contributed by atoms with van der Waals surface area (Å²) in [6.45, 7) is 7.42. The first-order chi connectivity index (χ1) is 9.55. The highest BCUT2D eigenvalue weighted by atomic mass is 16.5. The van der Waals surface area contributed by atoms with Crippen LogP contribution in [0.5, 0.6) is 5.75 Å². The number of nitrogens with two attached hydrogens (primary N) is 1. The maximum absolute atomic E-state index is 12.0. The molecule has 4 nitrogen and oxygen atoms in total. The summed E-state index contributed by atoms with van der Waals surface area (Å²) >= 11 is 0. The fraction of sp³-hybridized carbons (Fsp3) is 0.562. The van der Waals surface area contributed by atoms with E-state index in [1.807, 2.05) is 31.2 Å². The summed E-state index contributed by atoms with van der Waals surface area (Å²) in [5.41, 5.74) is 6.51. The Morgan fingerprint density at radius 1 is 1.30 bits per heavy atom. The monoisotopic (exact) mass is 278 g/mol. The van der Waals surface area contributed by atoms with Gasteiger partial charge in [-0.05, 0) is 56.0 Å². The molecule has 0 spiro atoms. The van der Waals surface area contributed by atoms with E-state index >= 15 is 0 Å². The van der Waals surface area contributed by atoms with E-state index in [2.05, 4.69) is 19.2 Å². The molecule has 0 fully saturated rings. The second-order valence-corrected chi connectivity index (χ2v) is 5.44. The zero-order valence-electron chi connectivity index (χ0n) is 12.7. The highest BCUT2D eigenvalue weighted by molar-refractivity contribution is 5.90. The Balaban J connectivity index is 2.48. The number of hydrogen-bond acceptors (Lipinski definition) is 3. The number of carbonyl (C=O) groups excluding carboxylic acids is 1. The lowest BCUT2D eigenvalue weighted by atomic mass is 9.94. The van der Waals surface area contributed by atoms with Gasteiger partial charge in [-0.3, -0.25) is 4.79 Å². The van der Waals surface area contributed by atoms with Gasteiger partial charge in [-0.25, -0.2) is 0 Å². The van der Waals surface area contributed by atoms with E-state index in [1.54, 1.807) is 0 Å². The van der Waals surface area contributed by atoms with Gasteiger partial charge in [0.25, 0.3) is 0 Å². The first-order valence-corrected chi connectivity index (χ1v) is 7.27. The van der Waals surface area contributed by atoms with Crippen LogP contribution in [0.4, 0.5) is 5.69 Å². The van der Waals surface area contributed by atoms with Crippen molar-refractivity contribution in [3.8, 4) is 5.75 Å². The van der Waals surface area contributed by atoms with Crippen LogP contribution in [0.25, 0.3) is 0 Å². The average Bonchev–Trinajstić information content (AvgIpc) is 2.40. The molecule has 0 heterocycles. The summed E-state index contributed by atoms with van der Waals surface area (Å²) in [6, 6.07) is 7.41. The molecule has 1 aromatic rings.